The van der Waals surface area contributed by atoms with Crippen molar-refractivity contribution in [2.24, 2.45) is 16.7 Å². The first kappa shape index (κ1) is 19.7. The third-order valence-corrected chi connectivity index (χ3v) is 7.48. The number of rotatable bonds is 3. The van der Waals surface area contributed by atoms with Crippen molar-refractivity contribution >= 4 is 11.6 Å². The maximum atomic E-state index is 13.4. The third kappa shape index (κ3) is 2.98. The van der Waals surface area contributed by atoms with Gasteiger partial charge < -0.3 is 9.64 Å². The van der Waals surface area contributed by atoms with Gasteiger partial charge in [-0.25, -0.2) is 4.98 Å². The number of amides is 1. The van der Waals surface area contributed by atoms with Gasteiger partial charge in [0.2, 0.25) is 0 Å². The zero-order valence-electron chi connectivity index (χ0n) is 18.1. The monoisotopic (exact) mass is 410 g/mol. The highest BCUT2D eigenvalue weighted by molar-refractivity contribution is 5.94. The summed E-state index contributed by atoms with van der Waals surface area (Å²) in [6.07, 6.45) is 2.57. The van der Waals surface area contributed by atoms with Gasteiger partial charge in [-0.05, 0) is 36.8 Å². The SMILES string of the molecule is Cc1cccc2ncc(C(=O)N3C[C@@H]4C(C)(C)C[C@]4(CN4CCOCC4)C3)c(=O)n12. The standard InChI is InChI=1S/C23H30N4O3/c1-16-5-4-6-19-24-11-17(21(29)27(16)19)20(28)26-12-18-22(2,3)13-23(18,15-26)14-25-7-9-30-10-8-25/h4-6,11,18H,7-10,12-15H2,1-3H3/t18-,23+/m1/s1. The Morgan fingerprint density at radius 2 is 2.03 bits per heavy atom. The van der Waals surface area contributed by atoms with Gasteiger partial charge in [-0.1, -0.05) is 19.9 Å². The molecule has 0 unspecified atom stereocenters. The van der Waals surface area contributed by atoms with Crippen molar-refractivity contribution in [2.45, 2.75) is 27.2 Å². The van der Waals surface area contributed by atoms with Crippen LogP contribution in [0.15, 0.2) is 29.2 Å². The van der Waals surface area contributed by atoms with E-state index in [4.69, 9.17) is 4.74 Å². The quantitative estimate of drug-likeness (QED) is 0.772. The van der Waals surface area contributed by atoms with E-state index in [-0.39, 0.29) is 27.9 Å². The number of hydrogen-bond acceptors (Lipinski definition) is 5. The molecule has 7 heteroatoms. The van der Waals surface area contributed by atoms with Crippen molar-refractivity contribution < 1.29 is 9.53 Å². The van der Waals surface area contributed by atoms with E-state index in [9.17, 15) is 9.59 Å². The van der Waals surface area contributed by atoms with Crippen LogP contribution in [0.3, 0.4) is 0 Å². The third-order valence-electron chi connectivity index (χ3n) is 7.48. The van der Waals surface area contributed by atoms with E-state index in [2.05, 4.69) is 23.7 Å². The summed E-state index contributed by atoms with van der Waals surface area (Å²) in [7, 11) is 0. The van der Waals surface area contributed by atoms with E-state index in [1.54, 1.807) is 6.07 Å². The van der Waals surface area contributed by atoms with Crippen LogP contribution in [0.1, 0.15) is 36.3 Å². The molecule has 2 atom stereocenters. The highest BCUT2D eigenvalue weighted by atomic mass is 16.5. The number of likely N-dealkylation sites (tertiary alicyclic amines) is 1. The first-order valence-corrected chi connectivity index (χ1v) is 10.9. The fourth-order valence-corrected chi connectivity index (χ4v) is 6.29. The fourth-order valence-electron chi connectivity index (χ4n) is 6.29. The van der Waals surface area contributed by atoms with Crippen molar-refractivity contribution in [3.63, 3.8) is 0 Å². The van der Waals surface area contributed by atoms with E-state index < -0.39 is 0 Å². The molecule has 0 aromatic carbocycles. The van der Waals surface area contributed by atoms with E-state index in [1.807, 2.05) is 24.0 Å². The molecule has 4 heterocycles. The second kappa shape index (κ2) is 6.89. The lowest BCUT2D eigenvalue weighted by atomic mass is 9.48. The summed E-state index contributed by atoms with van der Waals surface area (Å²) < 4.78 is 7.04. The average Bonchev–Trinajstić information content (AvgIpc) is 3.03. The molecule has 0 spiro atoms. The Labute approximate surface area is 176 Å². The number of aromatic nitrogens is 2. The van der Waals surface area contributed by atoms with Gasteiger partial charge in [0.25, 0.3) is 11.5 Å². The number of nitrogens with zero attached hydrogens (tertiary/aromatic N) is 4. The summed E-state index contributed by atoms with van der Waals surface area (Å²) in [4.78, 5) is 35.3. The van der Waals surface area contributed by atoms with Crippen LogP contribution >= 0.6 is 0 Å². The Bertz CT molecular complexity index is 1060. The fraction of sp³-hybridized carbons (Fsp3) is 0.609. The van der Waals surface area contributed by atoms with Crippen molar-refractivity contribution in [3.8, 4) is 0 Å². The Balaban J connectivity index is 1.43. The van der Waals surface area contributed by atoms with Crippen LogP contribution in [0.2, 0.25) is 0 Å². The minimum absolute atomic E-state index is 0.118. The molecule has 5 rings (SSSR count). The second-order valence-electron chi connectivity index (χ2n) is 9.99. The number of fused-ring (bicyclic) bond motifs is 2. The summed E-state index contributed by atoms with van der Waals surface area (Å²) in [5, 5.41) is 0. The number of hydrogen-bond donors (Lipinski definition) is 0. The average molecular weight is 411 g/mol. The van der Waals surface area contributed by atoms with Gasteiger partial charge in [0, 0.05) is 50.0 Å². The number of ether oxygens (including phenoxy) is 1. The van der Waals surface area contributed by atoms with Crippen LogP contribution in [0.4, 0.5) is 0 Å². The van der Waals surface area contributed by atoms with Crippen molar-refractivity contribution in [3.05, 3.63) is 46.0 Å². The van der Waals surface area contributed by atoms with E-state index in [0.29, 0.717) is 24.7 Å². The molecule has 0 radical (unpaired) electrons. The second-order valence-corrected chi connectivity index (χ2v) is 9.99. The molecule has 2 aliphatic heterocycles. The summed E-state index contributed by atoms with van der Waals surface area (Å²) in [5.74, 6) is 0.270. The molecule has 2 saturated heterocycles. The van der Waals surface area contributed by atoms with Gasteiger partial charge in [0.05, 0.1) is 13.2 Å². The smallest absolute Gasteiger partial charge is 0.270 e. The lowest BCUT2D eigenvalue weighted by molar-refractivity contribution is -0.0966. The molecule has 2 aromatic rings. The summed E-state index contributed by atoms with van der Waals surface area (Å²) in [6, 6.07) is 5.52. The number of pyridine rings is 1. The zero-order valence-corrected chi connectivity index (χ0v) is 18.1. The predicted octanol–water partition coefficient (Wildman–Crippen LogP) is 1.82. The van der Waals surface area contributed by atoms with Crippen LogP contribution in [0.25, 0.3) is 5.65 Å². The number of morpholine rings is 1. The van der Waals surface area contributed by atoms with E-state index >= 15 is 0 Å². The van der Waals surface area contributed by atoms with Crippen LogP contribution in [0.5, 0.6) is 0 Å². The first-order valence-electron chi connectivity index (χ1n) is 10.9. The zero-order chi connectivity index (χ0) is 21.1. The molecule has 3 fully saturated rings. The lowest BCUT2D eigenvalue weighted by Gasteiger charge is -2.58. The first-order chi connectivity index (χ1) is 14.3. The van der Waals surface area contributed by atoms with Gasteiger partial charge in [-0.15, -0.1) is 0 Å². The van der Waals surface area contributed by atoms with Crippen molar-refractivity contribution in [2.75, 3.05) is 45.9 Å². The highest BCUT2D eigenvalue weighted by Crippen LogP contribution is 2.63. The molecule has 0 N–H and O–H groups in total. The Kier molecular flexibility index (Phi) is 4.52. The van der Waals surface area contributed by atoms with Gasteiger partial charge in [0.1, 0.15) is 11.2 Å². The summed E-state index contributed by atoms with van der Waals surface area (Å²) in [6.45, 7) is 12.4. The molecule has 1 saturated carbocycles. The maximum absolute atomic E-state index is 13.4. The largest absolute Gasteiger partial charge is 0.379 e. The minimum atomic E-state index is -0.274. The lowest BCUT2D eigenvalue weighted by Crippen LogP contribution is -2.59. The maximum Gasteiger partial charge on any atom is 0.270 e. The van der Waals surface area contributed by atoms with Crippen LogP contribution in [-0.2, 0) is 4.74 Å². The summed E-state index contributed by atoms with van der Waals surface area (Å²) >= 11 is 0. The topological polar surface area (TPSA) is 67.2 Å². The van der Waals surface area contributed by atoms with Crippen LogP contribution in [-0.4, -0.2) is 71.0 Å². The van der Waals surface area contributed by atoms with Crippen molar-refractivity contribution in [1.82, 2.24) is 19.2 Å². The predicted molar refractivity (Wildman–Crippen MR) is 114 cm³/mol. The van der Waals surface area contributed by atoms with Gasteiger partial charge >= 0.3 is 0 Å². The Morgan fingerprint density at radius 1 is 1.27 bits per heavy atom. The molecule has 0 bridgehead atoms. The molecule has 160 valence electrons. The molecule has 30 heavy (non-hydrogen) atoms. The number of carbonyl (C=O) groups is 1. The van der Waals surface area contributed by atoms with E-state index in [1.165, 1.54) is 10.6 Å². The molecule has 7 nitrogen and oxygen atoms in total. The number of carbonyl (C=O) groups excluding carboxylic acids is 1. The molecule has 2 aromatic heterocycles. The van der Waals surface area contributed by atoms with Gasteiger partial charge in [0.15, 0.2) is 0 Å². The van der Waals surface area contributed by atoms with Crippen LogP contribution < -0.4 is 5.56 Å². The molecule has 3 aliphatic rings. The van der Waals surface area contributed by atoms with E-state index in [0.717, 1.165) is 45.0 Å². The van der Waals surface area contributed by atoms with Crippen LogP contribution in [0, 0.1) is 23.7 Å². The minimum Gasteiger partial charge on any atom is -0.379 e. The summed E-state index contributed by atoms with van der Waals surface area (Å²) in [5.41, 5.74) is 1.59. The normalized spacial score (nSPS) is 28.4. The Morgan fingerprint density at radius 3 is 2.77 bits per heavy atom. The van der Waals surface area contributed by atoms with Gasteiger partial charge in [-0.3, -0.25) is 18.9 Å². The highest BCUT2D eigenvalue weighted by Gasteiger charge is 2.63. The van der Waals surface area contributed by atoms with Gasteiger partial charge in [-0.2, -0.15) is 0 Å². The number of aryl methyl sites for hydroxylation is 1. The Hall–Kier alpha value is -2.25. The van der Waals surface area contributed by atoms with Crippen molar-refractivity contribution in [1.29, 1.82) is 0 Å². The molecule has 1 amide bonds. The molecular weight excluding hydrogens is 380 g/mol. The molecule has 1 aliphatic carbocycles. The molecular formula is C23H30N4O3.